The van der Waals surface area contributed by atoms with Gasteiger partial charge in [-0.15, -0.1) is 0 Å². The Balaban J connectivity index is 1.68. The number of hydrogen-bond donors (Lipinski definition) is 2. The first kappa shape index (κ1) is 17.8. The molecule has 1 amide bonds. The average molecular weight is 365 g/mol. The van der Waals surface area contributed by atoms with Gasteiger partial charge >= 0.3 is 0 Å². The highest BCUT2D eigenvalue weighted by atomic mass is 16.5. The molecular weight excluding hydrogens is 352 g/mol. The van der Waals surface area contributed by atoms with Gasteiger partial charge in [-0.1, -0.05) is 18.2 Å². The fourth-order valence-corrected chi connectivity index (χ4v) is 2.30. The summed E-state index contributed by atoms with van der Waals surface area (Å²) in [6, 6.07) is 13.0. The number of rotatable bonds is 6. The molecule has 2 aromatic carbocycles. The maximum atomic E-state index is 12.3. The Hall–Kier alpha value is -4.01. The molecule has 0 unspecified atom stereocenters. The SMILES string of the molecule is O=C([O-])COc1ccc(/C=N\NC(=O)c2n[nH]c(=O)c3ccccc23)cc1. The highest BCUT2D eigenvalue weighted by Gasteiger charge is 2.13. The second-order valence-electron chi connectivity index (χ2n) is 5.38. The third-order valence-electron chi connectivity index (χ3n) is 3.53. The van der Waals surface area contributed by atoms with Gasteiger partial charge < -0.3 is 14.6 Å². The normalized spacial score (nSPS) is 10.8. The molecule has 0 aliphatic heterocycles. The van der Waals surface area contributed by atoms with Crippen LogP contribution in [0.5, 0.6) is 5.75 Å². The van der Waals surface area contributed by atoms with Crippen molar-refractivity contribution >= 4 is 28.9 Å². The van der Waals surface area contributed by atoms with E-state index in [4.69, 9.17) is 4.74 Å². The van der Waals surface area contributed by atoms with Gasteiger partial charge in [0.05, 0.1) is 17.6 Å². The van der Waals surface area contributed by atoms with Crippen LogP contribution in [0.2, 0.25) is 0 Å². The summed E-state index contributed by atoms with van der Waals surface area (Å²) in [5, 5.41) is 21.0. The molecular formula is C18H13N4O5-. The molecule has 1 aromatic heterocycles. The van der Waals surface area contributed by atoms with Gasteiger partial charge in [-0.2, -0.15) is 10.2 Å². The van der Waals surface area contributed by atoms with E-state index in [9.17, 15) is 19.5 Å². The minimum atomic E-state index is -1.31. The molecule has 1 heterocycles. The lowest BCUT2D eigenvalue weighted by Gasteiger charge is -2.06. The lowest BCUT2D eigenvalue weighted by atomic mass is 10.1. The van der Waals surface area contributed by atoms with Crippen LogP contribution in [0.15, 0.2) is 58.4 Å². The number of aromatic nitrogens is 2. The largest absolute Gasteiger partial charge is 0.546 e. The quantitative estimate of drug-likeness (QED) is 0.459. The van der Waals surface area contributed by atoms with Crippen molar-refractivity contribution in [1.29, 1.82) is 0 Å². The lowest BCUT2D eigenvalue weighted by molar-refractivity contribution is -0.307. The fraction of sp³-hybridized carbons (Fsp3) is 0.0556. The number of H-pyrrole nitrogens is 1. The van der Waals surface area contributed by atoms with Crippen LogP contribution in [-0.4, -0.2) is 34.9 Å². The van der Waals surface area contributed by atoms with E-state index in [0.717, 1.165) is 0 Å². The summed E-state index contributed by atoms with van der Waals surface area (Å²) in [6.45, 7) is -0.538. The zero-order valence-corrected chi connectivity index (χ0v) is 13.8. The van der Waals surface area contributed by atoms with E-state index >= 15 is 0 Å². The first-order valence-electron chi connectivity index (χ1n) is 7.78. The molecule has 9 heteroatoms. The third kappa shape index (κ3) is 4.34. The van der Waals surface area contributed by atoms with E-state index in [1.54, 1.807) is 48.5 Å². The van der Waals surface area contributed by atoms with E-state index in [-0.39, 0.29) is 11.3 Å². The Morgan fingerprint density at radius 2 is 1.85 bits per heavy atom. The summed E-state index contributed by atoms with van der Waals surface area (Å²) in [4.78, 5) is 34.4. The first-order valence-corrected chi connectivity index (χ1v) is 7.78. The van der Waals surface area contributed by atoms with Crippen LogP contribution in [0.3, 0.4) is 0 Å². The molecule has 9 nitrogen and oxygen atoms in total. The van der Waals surface area contributed by atoms with Crippen LogP contribution in [0.1, 0.15) is 16.1 Å². The molecule has 0 atom stereocenters. The number of aliphatic carboxylic acids is 1. The maximum absolute atomic E-state index is 12.3. The summed E-state index contributed by atoms with van der Waals surface area (Å²) in [7, 11) is 0. The third-order valence-corrected chi connectivity index (χ3v) is 3.53. The summed E-state index contributed by atoms with van der Waals surface area (Å²) < 4.78 is 4.96. The number of fused-ring (bicyclic) bond motifs is 1. The van der Waals surface area contributed by atoms with Gasteiger partial charge in [0.1, 0.15) is 12.4 Å². The topological polar surface area (TPSA) is 137 Å². The highest BCUT2D eigenvalue weighted by molar-refractivity contribution is 6.04. The Labute approximate surface area is 152 Å². The molecule has 0 saturated carbocycles. The zero-order chi connectivity index (χ0) is 19.2. The van der Waals surface area contributed by atoms with Gasteiger partial charge in [0.25, 0.3) is 11.5 Å². The first-order chi connectivity index (χ1) is 13.0. The van der Waals surface area contributed by atoms with Crippen LogP contribution in [0.4, 0.5) is 0 Å². The molecule has 0 bridgehead atoms. The summed E-state index contributed by atoms with van der Waals surface area (Å²) >= 11 is 0. The molecule has 0 aliphatic rings. The number of carbonyl (C=O) groups excluding carboxylic acids is 2. The molecule has 0 radical (unpaired) electrons. The Morgan fingerprint density at radius 1 is 1.15 bits per heavy atom. The fourth-order valence-electron chi connectivity index (χ4n) is 2.30. The van der Waals surface area contributed by atoms with Crippen molar-refractivity contribution in [1.82, 2.24) is 15.6 Å². The van der Waals surface area contributed by atoms with Crippen LogP contribution in [-0.2, 0) is 4.79 Å². The highest BCUT2D eigenvalue weighted by Crippen LogP contribution is 2.12. The number of carboxylic acid groups (broad SMARTS) is 1. The van der Waals surface area contributed by atoms with E-state index in [2.05, 4.69) is 20.7 Å². The van der Waals surface area contributed by atoms with E-state index in [1.165, 1.54) is 6.21 Å². The molecule has 0 spiro atoms. The van der Waals surface area contributed by atoms with Crippen LogP contribution >= 0.6 is 0 Å². The number of hydrogen-bond acceptors (Lipinski definition) is 7. The summed E-state index contributed by atoms with van der Waals surface area (Å²) in [5.74, 6) is -1.52. The number of hydrazone groups is 1. The van der Waals surface area contributed by atoms with Crippen molar-refractivity contribution in [3.63, 3.8) is 0 Å². The average Bonchev–Trinajstić information content (AvgIpc) is 2.68. The molecule has 0 saturated heterocycles. The molecule has 136 valence electrons. The molecule has 27 heavy (non-hydrogen) atoms. The number of amides is 1. The predicted molar refractivity (Wildman–Crippen MR) is 94.4 cm³/mol. The van der Waals surface area contributed by atoms with Gasteiger partial charge in [0.15, 0.2) is 5.69 Å². The summed E-state index contributed by atoms with van der Waals surface area (Å²) in [5.41, 5.74) is 2.66. The van der Waals surface area contributed by atoms with Gasteiger partial charge in [-0.3, -0.25) is 9.59 Å². The van der Waals surface area contributed by atoms with E-state index in [1.807, 2.05) is 0 Å². The van der Waals surface area contributed by atoms with Crippen LogP contribution in [0.25, 0.3) is 10.8 Å². The smallest absolute Gasteiger partial charge is 0.292 e. The number of ether oxygens (including phenoxy) is 1. The lowest BCUT2D eigenvalue weighted by Crippen LogP contribution is -2.28. The zero-order valence-electron chi connectivity index (χ0n) is 13.8. The molecule has 3 aromatic rings. The van der Waals surface area contributed by atoms with Crippen LogP contribution < -0.4 is 20.8 Å². The number of nitrogens with one attached hydrogen (secondary N) is 2. The number of aromatic amines is 1. The predicted octanol–water partition coefficient (Wildman–Crippen LogP) is -0.184. The second kappa shape index (κ2) is 7.91. The maximum Gasteiger partial charge on any atom is 0.292 e. The van der Waals surface area contributed by atoms with Gasteiger partial charge in [0.2, 0.25) is 0 Å². The van der Waals surface area contributed by atoms with Crippen molar-refractivity contribution in [3.8, 4) is 5.75 Å². The molecule has 3 rings (SSSR count). The van der Waals surface area contributed by atoms with Crippen molar-refractivity contribution in [2.75, 3.05) is 6.61 Å². The second-order valence-corrected chi connectivity index (χ2v) is 5.38. The van der Waals surface area contributed by atoms with E-state index < -0.39 is 18.5 Å². The van der Waals surface area contributed by atoms with Crippen molar-refractivity contribution in [2.45, 2.75) is 0 Å². The monoisotopic (exact) mass is 365 g/mol. The number of carbonyl (C=O) groups is 2. The number of benzene rings is 2. The minimum Gasteiger partial charge on any atom is -0.546 e. The standard InChI is InChI=1S/C18H14N4O5/c23-15(24)10-27-12-7-5-11(6-8-12)9-19-21-18(26)16-13-3-1-2-4-14(13)17(25)22-20-16/h1-9H,10H2,(H,21,26)(H,22,25)(H,23,24)/p-1/b19-9-. The van der Waals surface area contributed by atoms with Crippen molar-refractivity contribution in [3.05, 3.63) is 70.1 Å². The number of nitrogens with zero attached hydrogens (tertiary/aromatic N) is 2. The Bertz CT molecular complexity index is 1070. The van der Waals surface area contributed by atoms with Crippen LogP contribution in [0, 0.1) is 0 Å². The summed E-state index contributed by atoms with van der Waals surface area (Å²) in [6.07, 6.45) is 1.40. The van der Waals surface area contributed by atoms with Crippen molar-refractivity contribution < 1.29 is 19.4 Å². The van der Waals surface area contributed by atoms with Gasteiger partial charge in [-0.25, -0.2) is 10.5 Å². The Kier molecular flexibility index (Phi) is 5.22. The number of carboxylic acids is 1. The van der Waals surface area contributed by atoms with Gasteiger partial charge in [0, 0.05) is 5.39 Å². The van der Waals surface area contributed by atoms with Crippen molar-refractivity contribution in [2.24, 2.45) is 5.10 Å². The Morgan fingerprint density at radius 3 is 2.56 bits per heavy atom. The molecule has 0 fully saturated rings. The minimum absolute atomic E-state index is 0.0494. The van der Waals surface area contributed by atoms with E-state index in [0.29, 0.717) is 22.1 Å². The molecule has 2 N–H and O–H groups in total. The van der Waals surface area contributed by atoms with Gasteiger partial charge in [-0.05, 0) is 35.9 Å². The molecule has 0 aliphatic carbocycles.